The number of hydrogen-bond donors (Lipinski definition) is 3. The largest absolute Gasteiger partial charge is 0.363 e. The summed E-state index contributed by atoms with van der Waals surface area (Å²) in [5.41, 5.74) is 5.05. The van der Waals surface area contributed by atoms with Crippen molar-refractivity contribution in [2.24, 2.45) is 23.5 Å². The molecule has 2 rings (SSSR count). The van der Waals surface area contributed by atoms with Crippen molar-refractivity contribution >= 4 is 17.6 Å². The number of nitrogens with two attached hydrogens (primary N) is 1. The summed E-state index contributed by atoms with van der Waals surface area (Å²) in [7, 11) is 0. The zero-order valence-electron chi connectivity index (χ0n) is 13.1. The first-order chi connectivity index (χ1) is 10.3. The predicted octanol–water partition coefficient (Wildman–Crippen LogP) is 0.0614. The number of carbonyl (C=O) groups excluding carboxylic acids is 3. The fraction of sp³-hybridized carbons (Fsp3) is 0.800. The van der Waals surface area contributed by atoms with Gasteiger partial charge in [-0.1, -0.05) is 26.7 Å². The van der Waals surface area contributed by atoms with Crippen molar-refractivity contribution in [2.45, 2.75) is 51.6 Å². The summed E-state index contributed by atoms with van der Waals surface area (Å²) in [5.74, 6) is -1.24. The van der Waals surface area contributed by atoms with Crippen molar-refractivity contribution in [3.05, 3.63) is 0 Å². The van der Waals surface area contributed by atoms with E-state index >= 15 is 0 Å². The number of Topliss-reactive ketones (excluding diaryl/α,β-unsaturated/α-hetero) is 1. The van der Waals surface area contributed by atoms with E-state index in [9.17, 15) is 19.6 Å². The number of primary amides is 1. The minimum atomic E-state index is -1.03. The lowest BCUT2D eigenvalue weighted by atomic mass is 9.93. The van der Waals surface area contributed by atoms with E-state index in [0.29, 0.717) is 31.2 Å². The maximum absolute atomic E-state index is 12.3. The fourth-order valence-electron chi connectivity index (χ4n) is 2.93. The highest BCUT2D eigenvalue weighted by Gasteiger charge is 2.40. The molecule has 2 fully saturated rings. The van der Waals surface area contributed by atoms with Gasteiger partial charge in [0.15, 0.2) is 0 Å². The van der Waals surface area contributed by atoms with Crippen molar-refractivity contribution in [1.82, 2.24) is 10.4 Å². The molecule has 0 aromatic heterocycles. The van der Waals surface area contributed by atoms with Crippen LogP contribution in [0.3, 0.4) is 0 Å². The second-order valence-electron chi connectivity index (χ2n) is 6.85. The molecule has 1 saturated heterocycles. The lowest BCUT2D eigenvalue weighted by Gasteiger charge is -2.21. The first kappa shape index (κ1) is 16.9. The molecule has 0 bridgehead atoms. The van der Waals surface area contributed by atoms with E-state index in [4.69, 9.17) is 5.73 Å². The van der Waals surface area contributed by atoms with Crippen LogP contribution in [0.25, 0.3) is 0 Å². The summed E-state index contributed by atoms with van der Waals surface area (Å²) in [5, 5.41) is 13.6. The molecule has 4 N–H and O–H groups in total. The quantitative estimate of drug-likeness (QED) is 0.576. The summed E-state index contributed by atoms with van der Waals surface area (Å²) in [4.78, 5) is 35.3. The number of carbonyl (C=O) groups is 3. The summed E-state index contributed by atoms with van der Waals surface area (Å²) in [6, 6.07) is -1.54. The van der Waals surface area contributed by atoms with Gasteiger partial charge in [-0.15, -0.1) is 0 Å². The van der Waals surface area contributed by atoms with Gasteiger partial charge in [-0.05, 0) is 30.6 Å². The molecule has 2 unspecified atom stereocenters. The van der Waals surface area contributed by atoms with Gasteiger partial charge in [0.1, 0.15) is 6.04 Å². The first-order valence-corrected chi connectivity index (χ1v) is 7.89. The number of rotatable bonds is 7. The van der Waals surface area contributed by atoms with Gasteiger partial charge in [0.2, 0.25) is 11.7 Å². The molecule has 3 atom stereocenters. The third-order valence-electron chi connectivity index (χ3n) is 4.69. The molecule has 1 aliphatic carbocycles. The van der Waals surface area contributed by atoms with Crippen LogP contribution in [0.5, 0.6) is 0 Å². The number of hydroxylamine groups is 2. The van der Waals surface area contributed by atoms with Crippen LogP contribution in [0.15, 0.2) is 0 Å². The smallest absolute Gasteiger partial charge is 0.287 e. The van der Waals surface area contributed by atoms with Crippen LogP contribution < -0.4 is 11.1 Å². The van der Waals surface area contributed by atoms with Crippen LogP contribution in [0, 0.1) is 17.8 Å². The van der Waals surface area contributed by atoms with E-state index in [2.05, 4.69) is 5.32 Å². The van der Waals surface area contributed by atoms with Gasteiger partial charge < -0.3 is 16.3 Å². The molecule has 0 radical (unpaired) electrons. The third kappa shape index (κ3) is 4.04. The van der Waals surface area contributed by atoms with Crippen molar-refractivity contribution in [3.8, 4) is 0 Å². The predicted molar refractivity (Wildman–Crippen MR) is 78.7 cm³/mol. The number of nitrogens with one attached hydrogen (secondary N) is 1. The molecule has 1 saturated carbocycles. The van der Waals surface area contributed by atoms with Crippen molar-refractivity contribution in [3.63, 3.8) is 0 Å². The zero-order valence-corrected chi connectivity index (χ0v) is 13.1. The second-order valence-corrected chi connectivity index (χ2v) is 6.85. The topological polar surface area (TPSA) is 113 Å². The first-order valence-electron chi connectivity index (χ1n) is 7.89. The maximum Gasteiger partial charge on any atom is 0.287 e. The van der Waals surface area contributed by atoms with E-state index < -0.39 is 29.7 Å². The van der Waals surface area contributed by atoms with Crippen LogP contribution in [0.2, 0.25) is 0 Å². The molecular weight excluding hydrogens is 286 g/mol. The summed E-state index contributed by atoms with van der Waals surface area (Å²) in [6.07, 6.45) is 2.99. The highest BCUT2D eigenvalue weighted by molar-refractivity contribution is 6.37. The minimum absolute atomic E-state index is 0.231. The summed E-state index contributed by atoms with van der Waals surface area (Å²) < 4.78 is 0. The Balaban J connectivity index is 1.98. The number of nitrogens with zero attached hydrogens (tertiary/aromatic N) is 1. The van der Waals surface area contributed by atoms with Crippen LogP contribution in [-0.2, 0) is 14.4 Å². The van der Waals surface area contributed by atoms with E-state index in [1.54, 1.807) is 0 Å². The van der Waals surface area contributed by atoms with E-state index in [1.165, 1.54) is 0 Å². The van der Waals surface area contributed by atoms with E-state index in [0.717, 1.165) is 17.9 Å². The maximum atomic E-state index is 12.3. The van der Waals surface area contributed by atoms with Gasteiger partial charge in [-0.25, -0.2) is 0 Å². The number of amides is 2. The molecule has 1 aliphatic heterocycles. The van der Waals surface area contributed by atoms with Crippen LogP contribution in [-0.4, -0.2) is 46.5 Å². The van der Waals surface area contributed by atoms with Gasteiger partial charge in [0, 0.05) is 6.54 Å². The van der Waals surface area contributed by atoms with Crippen LogP contribution in [0.1, 0.15) is 39.5 Å². The van der Waals surface area contributed by atoms with E-state index in [1.807, 2.05) is 13.8 Å². The van der Waals surface area contributed by atoms with Gasteiger partial charge in [0.25, 0.3) is 5.91 Å². The Morgan fingerprint density at radius 2 is 1.95 bits per heavy atom. The fourth-order valence-corrected chi connectivity index (χ4v) is 2.93. The molecule has 1 heterocycles. The van der Waals surface area contributed by atoms with Crippen LogP contribution >= 0.6 is 0 Å². The van der Waals surface area contributed by atoms with E-state index in [-0.39, 0.29) is 5.92 Å². The molecule has 7 heteroatoms. The van der Waals surface area contributed by atoms with Gasteiger partial charge in [0.05, 0.1) is 6.04 Å². The van der Waals surface area contributed by atoms with Crippen molar-refractivity contribution in [1.29, 1.82) is 0 Å². The second kappa shape index (κ2) is 6.75. The lowest BCUT2D eigenvalue weighted by Crippen LogP contribution is -2.51. The number of hydrogen-bond acceptors (Lipinski definition) is 5. The Kier molecular flexibility index (Phi) is 5.18. The lowest BCUT2D eigenvalue weighted by molar-refractivity contribution is -0.148. The normalized spacial score (nSPS) is 26.9. The van der Waals surface area contributed by atoms with Gasteiger partial charge in [-0.3, -0.25) is 14.4 Å². The SMILES string of the molecule is CC(C)[C@H]1CC(C(=O)NC(CC2CC2)C(=O)C(N)=O)N(O)C1. The molecule has 0 aromatic rings. The summed E-state index contributed by atoms with van der Waals surface area (Å²) in [6.45, 7) is 4.53. The Labute approximate surface area is 130 Å². The molecule has 22 heavy (non-hydrogen) atoms. The standard InChI is InChI=1S/C15H25N3O4/c1-8(2)10-6-12(18(22)7-10)15(21)17-11(5-9-3-4-9)13(19)14(16)20/h8-12,22H,3-7H2,1-2H3,(H2,16,20)(H,17,21)/t10-,11?,12?/m0/s1. The Morgan fingerprint density at radius 1 is 1.32 bits per heavy atom. The van der Waals surface area contributed by atoms with Gasteiger partial charge in [-0.2, -0.15) is 5.06 Å². The van der Waals surface area contributed by atoms with Crippen LogP contribution in [0.4, 0.5) is 0 Å². The Bertz CT molecular complexity index is 462. The third-order valence-corrected chi connectivity index (χ3v) is 4.69. The monoisotopic (exact) mass is 311 g/mol. The number of ketones is 1. The molecule has 7 nitrogen and oxygen atoms in total. The van der Waals surface area contributed by atoms with Gasteiger partial charge >= 0.3 is 0 Å². The minimum Gasteiger partial charge on any atom is -0.363 e. The molecule has 2 aliphatic rings. The molecule has 2 amide bonds. The highest BCUT2D eigenvalue weighted by Crippen LogP contribution is 2.34. The molecule has 0 spiro atoms. The Morgan fingerprint density at radius 3 is 2.41 bits per heavy atom. The zero-order chi connectivity index (χ0) is 16.4. The molecule has 0 aromatic carbocycles. The van der Waals surface area contributed by atoms with Crippen molar-refractivity contribution in [2.75, 3.05) is 6.54 Å². The average Bonchev–Trinajstić information content (AvgIpc) is 3.16. The molecule has 124 valence electrons. The highest BCUT2D eigenvalue weighted by atomic mass is 16.5. The average molecular weight is 311 g/mol. The molecular formula is C15H25N3O4. The Hall–Kier alpha value is -1.47. The summed E-state index contributed by atoms with van der Waals surface area (Å²) >= 11 is 0. The van der Waals surface area contributed by atoms with Crippen molar-refractivity contribution < 1.29 is 19.6 Å².